The number of hydrogen-bond acceptors (Lipinski definition) is 4. The molecule has 0 saturated carbocycles. The molecule has 114 valence electrons. The molecule has 1 amide bonds. The summed E-state index contributed by atoms with van der Waals surface area (Å²) in [6.07, 6.45) is 1.41. The van der Waals surface area contributed by atoms with Gasteiger partial charge in [-0.25, -0.2) is 4.79 Å². The van der Waals surface area contributed by atoms with Crippen molar-refractivity contribution in [3.63, 3.8) is 0 Å². The number of hydrogen-bond donors (Lipinski definition) is 1. The van der Waals surface area contributed by atoms with Crippen LogP contribution in [0.25, 0.3) is 0 Å². The lowest BCUT2D eigenvalue weighted by molar-refractivity contribution is -0.148. The van der Waals surface area contributed by atoms with E-state index >= 15 is 0 Å². The summed E-state index contributed by atoms with van der Waals surface area (Å²) in [6, 6.07) is 6.50. The lowest BCUT2D eigenvalue weighted by Gasteiger charge is -2.21. The minimum Gasteiger partial charge on any atom is -0.493 e. The minimum atomic E-state index is -0.938. The van der Waals surface area contributed by atoms with Crippen molar-refractivity contribution in [2.75, 3.05) is 20.3 Å². The van der Waals surface area contributed by atoms with E-state index in [1.807, 2.05) is 12.1 Å². The summed E-state index contributed by atoms with van der Waals surface area (Å²) in [5.41, 5.74) is 0. The number of nitrogens with zero attached hydrogens (tertiary/aromatic N) is 1. The summed E-state index contributed by atoms with van der Waals surface area (Å²) in [5.74, 6) is 0.0554. The quantitative estimate of drug-likeness (QED) is 0.861. The second kappa shape index (κ2) is 6.97. The van der Waals surface area contributed by atoms with E-state index in [9.17, 15) is 9.59 Å². The van der Waals surface area contributed by atoms with E-state index < -0.39 is 12.0 Å². The van der Waals surface area contributed by atoms with Crippen LogP contribution < -0.4 is 9.47 Å². The Hall–Kier alpha value is -2.24. The van der Waals surface area contributed by atoms with Gasteiger partial charge < -0.3 is 19.5 Å². The molecular weight excluding hydrogens is 274 g/mol. The highest BCUT2D eigenvalue weighted by molar-refractivity contribution is 5.84. The van der Waals surface area contributed by atoms with Gasteiger partial charge in [-0.2, -0.15) is 0 Å². The summed E-state index contributed by atoms with van der Waals surface area (Å²) in [4.78, 5) is 24.5. The number of rotatable bonds is 6. The van der Waals surface area contributed by atoms with Crippen LogP contribution in [0, 0.1) is 0 Å². The van der Waals surface area contributed by atoms with E-state index in [-0.39, 0.29) is 18.9 Å². The highest BCUT2D eigenvalue weighted by Gasteiger charge is 2.33. The van der Waals surface area contributed by atoms with E-state index in [2.05, 4.69) is 0 Å². The SMILES string of the molecule is COc1ccccc1OCCC(=O)N1CCC[C@@H]1C(=O)O. The molecule has 1 atom stereocenters. The molecule has 1 aliphatic heterocycles. The summed E-state index contributed by atoms with van der Waals surface area (Å²) >= 11 is 0. The molecule has 0 unspecified atom stereocenters. The van der Waals surface area contributed by atoms with Gasteiger partial charge in [0.05, 0.1) is 20.1 Å². The van der Waals surface area contributed by atoms with Crippen molar-refractivity contribution in [3.05, 3.63) is 24.3 Å². The van der Waals surface area contributed by atoms with Crippen LogP contribution in [0.2, 0.25) is 0 Å². The zero-order valence-corrected chi connectivity index (χ0v) is 11.9. The van der Waals surface area contributed by atoms with Gasteiger partial charge >= 0.3 is 5.97 Å². The van der Waals surface area contributed by atoms with Crippen molar-refractivity contribution in [2.24, 2.45) is 0 Å². The molecule has 6 heteroatoms. The van der Waals surface area contributed by atoms with Crippen molar-refractivity contribution in [1.82, 2.24) is 4.90 Å². The van der Waals surface area contributed by atoms with E-state index in [0.29, 0.717) is 24.5 Å². The Morgan fingerprint density at radius 2 is 2.05 bits per heavy atom. The van der Waals surface area contributed by atoms with Gasteiger partial charge in [-0.05, 0) is 25.0 Å². The van der Waals surface area contributed by atoms with Crippen molar-refractivity contribution in [2.45, 2.75) is 25.3 Å². The summed E-state index contributed by atoms with van der Waals surface area (Å²) in [6.45, 7) is 0.701. The van der Waals surface area contributed by atoms with Crippen LogP contribution in [0.1, 0.15) is 19.3 Å². The maximum atomic E-state index is 12.1. The van der Waals surface area contributed by atoms with Gasteiger partial charge in [-0.3, -0.25) is 4.79 Å². The van der Waals surface area contributed by atoms with E-state index in [4.69, 9.17) is 14.6 Å². The molecule has 1 saturated heterocycles. The maximum Gasteiger partial charge on any atom is 0.326 e. The average molecular weight is 293 g/mol. The topological polar surface area (TPSA) is 76.1 Å². The summed E-state index contributed by atoms with van der Waals surface area (Å²) < 4.78 is 10.7. The van der Waals surface area contributed by atoms with Gasteiger partial charge in [0, 0.05) is 6.54 Å². The van der Waals surface area contributed by atoms with Crippen LogP contribution in [0.15, 0.2) is 24.3 Å². The molecule has 6 nitrogen and oxygen atoms in total. The fourth-order valence-corrected chi connectivity index (χ4v) is 2.45. The number of carboxylic acid groups (broad SMARTS) is 1. The third-order valence-electron chi connectivity index (χ3n) is 3.50. The van der Waals surface area contributed by atoms with E-state index in [0.717, 1.165) is 6.42 Å². The highest BCUT2D eigenvalue weighted by atomic mass is 16.5. The molecule has 1 aliphatic rings. The fraction of sp³-hybridized carbons (Fsp3) is 0.467. The number of ether oxygens (including phenoxy) is 2. The Bertz CT molecular complexity index is 517. The molecule has 0 bridgehead atoms. The van der Waals surface area contributed by atoms with Gasteiger partial charge in [-0.15, -0.1) is 0 Å². The van der Waals surface area contributed by atoms with Crippen molar-refractivity contribution < 1.29 is 24.2 Å². The monoisotopic (exact) mass is 293 g/mol. The van der Waals surface area contributed by atoms with E-state index in [1.54, 1.807) is 19.2 Å². The van der Waals surface area contributed by atoms with Crippen LogP contribution >= 0.6 is 0 Å². The number of likely N-dealkylation sites (tertiary alicyclic amines) is 1. The number of methoxy groups -OCH3 is 1. The second-order valence-corrected chi connectivity index (χ2v) is 4.83. The predicted molar refractivity (Wildman–Crippen MR) is 75.5 cm³/mol. The number of carbonyl (C=O) groups is 2. The normalized spacial score (nSPS) is 17.6. The third-order valence-corrected chi connectivity index (χ3v) is 3.50. The third kappa shape index (κ3) is 3.65. The van der Waals surface area contributed by atoms with Crippen LogP contribution in [0.5, 0.6) is 11.5 Å². The standard InChI is InChI=1S/C15H19NO5/c1-20-12-6-2-3-7-13(12)21-10-8-14(17)16-9-4-5-11(16)15(18)19/h2-3,6-7,11H,4-5,8-10H2,1H3,(H,18,19)/t11-/m1/s1. The van der Waals surface area contributed by atoms with Gasteiger partial charge in [0.1, 0.15) is 6.04 Å². The number of aliphatic carboxylic acids is 1. The van der Waals surface area contributed by atoms with Crippen LogP contribution in [-0.2, 0) is 9.59 Å². The zero-order valence-electron chi connectivity index (χ0n) is 11.9. The lowest BCUT2D eigenvalue weighted by atomic mass is 10.2. The first-order chi connectivity index (χ1) is 10.1. The first kappa shape index (κ1) is 15.2. The van der Waals surface area contributed by atoms with Crippen LogP contribution in [0.3, 0.4) is 0 Å². The summed E-state index contributed by atoms with van der Waals surface area (Å²) in [5, 5.41) is 9.06. The smallest absolute Gasteiger partial charge is 0.326 e. The first-order valence-electron chi connectivity index (χ1n) is 6.91. The van der Waals surface area contributed by atoms with Crippen molar-refractivity contribution in [3.8, 4) is 11.5 Å². The molecule has 0 radical (unpaired) electrons. The van der Waals surface area contributed by atoms with Crippen molar-refractivity contribution >= 4 is 11.9 Å². The number of para-hydroxylation sites is 2. The molecule has 1 aromatic carbocycles. The van der Waals surface area contributed by atoms with Gasteiger partial charge in [0.2, 0.25) is 5.91 Å². The predicted octanol–water partition coefficient (Wildman–Crippen LogP) is 1.54. The fourth-order valence-electron chi connectivity index (χ4n) is 2.45. The molecule has 0 aromatic heterocycles. The molecule has 0 aliphatic carbocycles. The molecule has 1 fully saturated rings. The Morgan fingerprint density at radius 3 is 2.71 bits per heavy atom. The van der Waals surface area contributed by atoms with Crippen molar-refractivity contribution in [1.29, 1.82) is 0 Å². The molecule has 0 spiro atoms. The first-order valence-corrected chi connectivity index (χ1v) is 6.91. The minimum absolute atomic E-state index is 0.155. The maximum absolute atomic E-state index is 12.1. The number of carboxylic acids is 1. The van der Waals surface area contributed by atoms with Gasteiger partial charge in [0.25, 0.3) is 0 Å². The summed E-state index contributed by atoms with van der Waals surface area (Å²) in [7, 11) is 1.55. The molecule has 2 rings (SSSR count). The molecular formula is C15H19NO5. The Morgan fingerprint density at radius 1 is 1.33 bits per heavy atom. The van der Waals surface area contributed by atoms with Gasteiger partial charge in [-0.1, -0.05) is 12.1 Å². The molecule has 1 heterocycles. The van der Waals surface area contributed by atoms with E-state index in [1.165, 1.54) is 4.90 Å². The zero-order chi connectivity index (χ0) is 15.2. The Kier molecular flexibility index (Phi) is 5.03. The Labute approximate surface area is 123 Å². The lowest BCUT2D eigenvalue weighted by Crippen LogP contribution is -2.40. The molecule has 21 heavy (non-hydrogen) atoms. The number of benzene rings is 1. The van der Waals surface area contributed by atoms with Gasteiger partial charge in [0.15, 0.2) is 11.5 Å². The number of amides is 1. The van der Waals surface area contributed by atoms with Crippen LogP contribution in [-0.4, -0.2) is 48.2 Å². The van der Waals surface area contributed by atoms with Crippen LogP contribution in [0.4, 0.5) is 0 Å². The number of carbonyl (C=O) groups excluding carboxylic acids is 1. The Balaban J connectivity index is 1.85. The highest BCUT2D eigenvalue weighted by Crippen LogP contribution is 2.26. The average Bonchev–Trinajstić information content (AvgIpc) is 2.97. The second-order valence-electron chi connectivity index (χ2n) is 4.83. The molecule has 1 aromatic rings. The molecule has 1 N–H and O–H groups in total. The largest absolute Gasteiger partial charge is 0.493 e.